The summed E-state index contributed by atoms with van der Waals surface area (Å²) in [6.07, 6.45) is 1.85. The van der Waals surface area contributed by atoms with Crippen LogP contribution in [0.1, 0.15) is 54.5 Å². The number of piperidine rings is 1. The van der Waals surface area contributed by atoms with Gasteiger partial charge in [0.2, 0.25) is 0 Å². The van der Waals surface area contributed by atoms with Gasteiger partial charge in [-0.1, -0.05) is 35.4 Å². The van der Waals surface area contributed by atoms with E-state index in [4.69, 9.17) is 9.47 Å². The maximum absolute atomic E-state index is 11.6. The minimum Gasteiger partial charge on any atom is -0.488 e. The predicted octanol–water partition coefficient (Wildman–Crippen LogP) is 5.04. The van der Waals surface area contributed by atoms with Crippen LogP contribution in [0.3, 0.4) is 0 Å². The highest BCUT2D eigenvalue weighted by Crippen LogP contribution is 2.42. The minimum absolute atomic E-state index is 0.559. The Labute approximate surface area is 190 Å². The number of nitrogens with zero attached hydrogens (tertiary/aromatic N) is 1. The van der Waals surface area contributed by atoms with Crippen molar-refractivity contribution in [3.05, 3.63) is 69.8 Å². The van der Waals surface area contributed by atoms with E-state index in [1.54, 1.807) is 21.0 Å². The van der Waals surface area contributed by atoms with Crippen molar-refractivity contribution in [2.45, 2.75) is 46.8 Å². The van der Waals surface area contributed by atoms with Crippen LogP contribution in [0, 0.1) is 12.3 Å². The molecule has 32 heavy (non-hydrogen) atoms. The topological polar surface area (TPSA) is 59.0 Å². The Hall–Kier alpha value is -2.63. The molecule has 1 saturated heterocycles. The van der Waals surface area contributed by atoms with Crippen LogP contribution >= 0.6 is 0 Å². The number of carbonyl (C=O) groups is 1. The molecule has 4 rings (SSSR count). The molecule has 2 heterocycles. The monoisotopic (exact) mass is 435 g/mol. The Morgan fingerprint density at radius 1 is 1.12 bits per heavy atom. The molecule has 170 valence electrons. The maximum atomic E-state index is 11.6. The second-order valence-electron chi connectivity index (χ2n) is 9.66. The molecule has 0 bridgehead atoms. The zero-order chi connectivity index (χ0) is 22.9. The van der Waals surface area contributed by atoms with Gasteiger partial charge in [0, 0.05) is 32.3 Å². The second kappa shape index (κ2) is 9.08. The van der Waals surface area contributed by atoms with Crippen molar-refractivity contribution in [3.63, 3.8) is 0 Å². The quantitative estimate of drug-likeness (QED) is 0.713. The highest BCUT2D eigenvalue weighted by molar-refractivity contribution is 5.87. The molecule has 2 aliphatic rings. The molecule has 0 unspecified atom stereocenters. The molecular weight excluding hydrogens is 402 g/mol. The number of carboxylic acid groups (broad SMARTS) is 1. The van der Waals surface area contributed by atoms with E-state index >= 15 is 0 Å². The summed E-state index contributed by atoms with van der Waals surface area (Å²) >= 11 is 0. The van der Waals surface area contributed by atoms with Crippen LogP contribution in [0.5, 0.6) is 5.75 Å². The van der Waals surface area contributed by atoms with Gasteiger partial charge in [-0.25, -0.2) is 0 Å². The zero-order valence-electron chi connectivity index (χ0n) is 19.5. The van der Waals surface area contributed by atoms with Crippen molar-refractivity contribution in [2.75, 3.05) is 26.7 Å². The van der Waals surface area contributed by atoms with Gasteiger partial charge >= 0.3 is 5.97 Å². The van der Waals surface area contributed by atoms with E-state index in [2.05, 4.69) is 48.2 Å². The minimum atomic E-state index is -0.744. The number of ether oxygens (including phenoxy) is 2. The fourth-order valence-corrected chi connectivity index (χ4v) is 4.78. The van der Waals surface area contributed by atoms with E-state index in [-0.39, 0.29) is 0 Å². The van der Waals surface area contributed by atoms with Crippen LogP contribution in [0.15, 0.2) is 42.0 Å². The van der Waals surface area contributed by atoms with Crippen molar-refractivity contribution in [3.8, 4) is 5.75 Å². The van der Waals surface area contributed by atoms with E-state index in [9.17, 15) is 9.90 Å². The van der Waals surface area contributed by atoms with Crippen molar-refractivity contribution in [1.29, 1.82) is 0 Å². The number of rotatable bonds is 5. The number of aliphatic carboxylic acids is 1. The zero-order valence-corrected chi connectivity index (χ0v) is 19.5. The van der Waals surface area contributed by atoms with Crippen LogP contribution in [-0.2, 0) is 22.7 Å². The molecule has 0 aromatic heterocycles. The molecule has 1 fully saturated rings. The van der Waals surface area contributed by atoms with Crippen LogP contribution in [-0.4, -0.2) is 42.7 Å². The number of fused-ring (bicyclic) bond motifs is 2. The van der Waals surface area contributed by atoms with Gasteiger partial charge in [-0.05, 0) is 68.0 Å². The average molecular weight is 436 g/mol. The summed E-state index contributed by atoms with van der Waals surface area (Å²) in [5.41, 5.74) is 7.91. The van der Waals surface area contributed by atoms with Crippen LogP contribution < -0.4 is 4.74 Å². The lowest BCUT2D eigenvalue weighted by Gasteiger charge is -2.34. The average Bonchev–Trinajstić information content (AvgIpc) is 2.90. The molecule has 0 saturated carbocycles. The summed E-state index contributed by atoms with van der Waals surface area (Å²) in [6.45, 7) is 9.15. The number of likely N-dealkylation sites (tertiary alicyclic amines) is 1. The fourth-order valence-electron chi connectivity index (χ4n) is 4.78. The standard InChI is InChI=1S/C27H33NO4/c1-18-5-7-22-21(13-18)16-32-24-8-6-19(15-31-4)14-23(24)25(22)20-9-11-28(12-10-20)17-27(2,3)26(29)30/h5-8,13-14H,9-12,15-17H2,1-4H3,(H,29,30). The maximum Gasteiger partial charge on any atom is 0.310 e. The summed E-state index contributed by atoms with van der Waals surface area (Å²) in [4.78, 5) is 13.9. The van der Waals surface area contributed by atoms with Crippen LogP contribution in [0.4, 0.5) is 0 Å². The number of carboxylic acids is 1. The first-order chi connectivity index (χ1) is 15.3. The number of hydrogen-bond acceptors (Lipinski definition) is 4. The van der Waals surface area contributed by atoms with E-state index in [0.29, 0.717) is 19.8 Å². The molecule has 0 spiro atoms. The molecule has 0 radical (unpaired) electrons. The molecule has 5 nitrogen and oxygen atoms in total. The third-order valence-corrected chi connectivity index (χ3v) is 6.55. The summed E-state index contributed by atoms with van der Waals surface area (Å²) in [5.74, 6) is 0.169. The first-order valence-corrected chi connectivity index (χ1v) is 11.3. The highest BCUT2D eigenvalue weighted by atomic mass is 16.5. The van der Waals surface area contributed by atoms with Gasteiger partial charge in [0.1, 0.15) is 12.4 Å². The van der Waals surface area contributed by atoms with Crippen molar-refractivity contribution in [2.24, 2.45) is 5.41 Å². The Kier molecular flexibility index (Phi) is 6.40. The third kappa shape index (κ3) is 4.59. The van der Waals surface area contributed by atoms with Crippen LogP contribution in [0.2, 0.25) is 0 Å². The first kappa shape index (κ1) is 22.6. The summed E-state index contributed by atoms with van der Waals surface area (Å²) in [7, 11) is 1.72. The van der Waals surface area contributed by atoms with E-state index in [0.717, 1.165) is 42.8 Å². The van der Waals surface area contributed by atoms with Crippen molar-refractivity contribution < 1.29 is 19.4 Å². The normalized spacial score (nSPS) is 16.8. The van der Waals surface area contributed by atoms with Gasteiger partial charge in [-0.15, -0.1) is 0 Å². The molecule has 0 aliphatic carbocycles. The summed E-state index contributed by atoms with van der Waals surface area (Å²) in [6, 6.07) is 13.0. The first-order valence-electron chi connectivity index (χ1n) is 11.3. The number of methoxy groups -OCH3 is 1. The lowest BCUT2D eigenvalue weighted by atomic mass is 9.85. The smallest absolute Gasteiger partial charge is 0.310 e. The SMILES string of the molecule is COCc1ccc2c(c1)C(=C1CCN(CC(C)(C)C(=O)O)CC1)c1ccc(C)cc1CO2. The van der Waals surface area contributed by atoms with E-state index in [1.807, 2.05) is 0 Å². The molecule has 1 N–H and O–H groups in total. The number of aryl methyl sites for hydroxylation is 1. The van der Waals surface area contributed by atoms with Gasteiger partial charge in [-0.2, -0.15) is 0 Å². The predicted molar refractivity (Wildman–Crippen MR) is 126 cm³/mol. The molecule has 2 aromatic carbocycles. The van der Waals surface area contributed by atoms with Gasteiger partial charge < -0.3 is 19.5 Å². The van der Waals surface area contributed by atoms with Crippen molar-refractivity contribution >= 4 is 11.5 Å². The highest BCUT2D eigenvalue weighted by Gasteiger charge is 2.32. The van der Waals surface area contributed by atoms with E-state index < -0.39 is 11.4 Å². The molecular formula is C27H33NO4. The third-order valence-electron chi connectivity index (χ3n) is 6.55. The summed E-state index contributed by atoms with van der Waals surface area (Å²) < 4.78 is 11.6. The Balaban J connectivity index is 1.73. The van der Waals surface area contributed by atoms with Gasteiger partial charge in [0.05, 0.1) is 12.0 Å². The Bertz CT molecular complexity index is 1040. The Morgan fingerprint density at radius 3 is 2.56 bits per heavy atom. The second-order valence-corrected chi connectivity index (χ2v) is 9.66. The number of hydrogen-bond donors (Lipinski definition) is 1. The molecule has 0 amide bonds. The lowest BCUT2D eigenvalue weighted by Crippen LogP contribution is -2.42. The summed E-state index contributed by atoms with van der Waals surface area (Å²) in [5, 5.41) is 9.51. The van der Waals surface area contributed by atoms with Gasteiger partial charge in [0.25, 0.3) is 0 Å². The molecule has 0 atom stereocenters. The molecule has 2 aliphatic heterocycles. The van der Waals surface area contributed by atoms with Crippen molar-refractivity contribution in [1.82, 2.24) is 4.90 Å². The van der Waals surface area contributed by atoms with E-state index in [1.165, 1.54) is 27.8 Å². The molecule has 5 heteroatoms. The fraction of sp³-hybridized carbons (Fsp3) is 0.444. The van der Waals surface area contributed by atoms with Gasteiger partial charge in [-0.3, -0.25) is 4.79 Å². The molecule has 2 aromatic rings. The van der Waals surface area contributed by atoms with Crippen LogP contribution in [0.25, 0.3) is 5.57 Å². The largest absolute Gasteiger partial charge is 0.488 e. The lowest BCUT2D eigenvalue weighted by molar-refractivity contribution is -0.148. The number of benzene rings is 2. The van der Waals surface area contributed by atoms with Gasteiger partial charge in [0.15, 0.2) is 0 Å². The Morgan fingerprint density at radius 2 is 1.88 bits per heavy atom.